The summed E-state index contributed by atoms with van der Waals surface area (Å²) in [5.74, 6) is 1.79. The second-order valence-corrected chi connectivity index (χ2v) is 5.77. The van der Waals surface area contributed by atoms with Crippen LogP contribution in [-0.4, -0.2) is 19.2 Å². The fourth-order valence-electron chi connectivity index (χ4n) is 2.99. The molecule has 0 aliphatic heterocycles. The summed E-state index contributed by atoms with van der Waals surface area (Å²) in [4.78, 5) is 0. The van der Waals surface area contributed by atoms with Gasteiger partial charge in [-0.3, -0.25) is 0 Å². The molecule has 0 spiro atoms. The van der Waals surface area contributed by atoms with E-state index in [1.54, 1.807) is 0 Å². The predicted octanol–water partition coefficient (Wildman–Crippen LogP) is 3.96. The summed E-state index contributed by atoms with van der Waals surface area (Å²) in [6, 6.07) is 8.90. The lowest BCUT2D eigenvalue weighted by Gasteiger charge is -2.29. The minimum atomic E-state index is 0.677. The fraction of sp³-hybridized carbons (Fsp3) is 0.556. The summed E-state index contributed by atoms with van der Waals surface area (Å²) in [5, 5.41) is 3.65. The van der Waals surface area contributed by atoms with Gasteiger partial charge in [-0.05, 0) is 36.8 Å². The molecule has 2 rings (SSSR count). The van der Waals surface area contributed by atoms with Crippen LogP contribution in [0, 0.1) is 5.92 Å². The van der Waals surface area contributed by atoms with Crippen LogP contribution in [0.3, 0.4) is 0 Å². The zero-order valence-corrected chi connectivity index (χ0v) is 12.6. The van der Waals surface area contributed by atoms with Gasteiger partial charge in [0, 0.05) is 12.6 Å². The van der Waals surface area contributed by atoms with Crippen LogP contribution >= 0.6 is 0 Å². The lowest BCUT2D eigenvalue weighted by Crippen LogP contribution is -2.39. The van der Waals surface area contributed by atoms with Crippen LogP contribution in [0.2, 0.25) is 0 Å². The van der Waals surface area contributed by atoms with Crippen molar-refractivity contribution < 1.29 is 4.74 Å². The molecule has 0 aromatic heterocycles. The molecule has 1 aromatic rings. The van der Waals surface area contributed by atoms with E-state index in [0.29, 0.717) is 6.04 Å². The van der Waals surface area contributed by atoms with Crippen LogP contribution < -0.4 is 10.1 Å². The van der Waals surface area contributed by atoms with E-state index in [0.717, 1.165) is 31.2 Å². The van der Waals surface area contributed by atoms with Crippen molar-refractivity contribution in [3.05, 3.63) is 42.5 Å². The molecule has 0 heterocycles. The average Bonchev–Trinajstić information content (AvgIpc) is 2.47. The van der Waals surface area contributed by atoms with Gasteiger partial charge in [0.05, 0.1) is 0 Å². The van der Waals surface area contributed by atoms with Crippen molar-refractivity contribution in [1.29, 1.82) is 0 Å². The number of allylic oxidation sites excluding steroid dienone is 1. The maximum absolute atomic E-state index is 5.91. The maximum Gasteiger partial charge on any atom is 0.122 e. The number of para-hydroxylation sites is 1. The van der Waals surface area contributed by atoms with Gasteiger partial charge in [-0.25, -0.2) is 0 Å². The molecule has 2 nitrogen and oxygen atoms in total. The Kier molecular flexibility index (Phi) is 6.13. The fourth-order valence-corrected chi connectivity index (χ4v) is 2.99. The Morgan fingerprint density at radius 3 is 2.90 bits per heavy atom. The molecule has 1 N–H and O–H groups in total. The molecule has 1 aromatic carbocycles. The molecule has 20 heavy (non-hydrogen) atoms. The summed E-state index contributed by atoms with van der Waals surface area (Å²) in [5.41, 5.74) is 1.22. The lowest BCUT2D eigenvalue weighted by molar-refractivity contribution is 0.250. The van der Waals surface area contributed by atoms with E-state index >= 15 is 0 Å². The molecule has 0 amide bonds. The summed E-state index contributed by atoms with van der Waals surface area (Å²) < 4.78 is 5.91. The van der Waals surface area contributed by atoms with E-state index in [4.69, 9.17) is 4.74 Å². The first-order chi connectivity index (χ1) is 9.81. The van der Waals surface area contributed by atoms with Gasteiger partial charge in [-0.1, -0.05) is 44.0 Å². The summed E-state index contributed by atoms with van der Waals surface area (Å²) in [6.07, 6.45) is 8.22. The van der Waals surface area contributed by atoms with Crippen molar-refractivity contribution in [2.24, 2.45) is 5.92 Å². The Labute approximate surface area is 123 Å². The number of rotatable bonds is 7. The Bertz CT molecular complexity index is 416. The highest BCUT2D eigenvalue weighted by atomic mass is 16.5. The molecule has 1 aliphatic carbocycles. The molecular formula is C18H27NO. The summed E-state index contributed by atoms with van der Waals surface area (Å²) in [7, 11) is 0. The number of nitrogens with one attached hydrogen (secondary N) is 1. The summed E-state index contributed by atoms with van der Waals surface area (Å²) in [6.45, 7) is 7.81. The van der Waals surface area contributed by atoms with Crippen LogP contribution in [0.4, 0.5) is 0 Å². The van der Waals surface area contributed by atoms with E-state index in [2.05, 4.69) is 24.9 Å². The molecule has 0 bridgehead atoms. The normalized spacial score (nSPS) is 22.4. The number of hydrogen-bond donors (Lipinski definition) is 1. The lowest BCUT2D eigenvalue weighted by atomic mass is 9.86. The molecule has 2 heteroatoms. The van der Waals surface area contributed by atoms with Gasteiger partial charge in [0.2, 0.25) is 0 Å². The molecule has 2 unspecified atom stereocenters. The van der Waals surface area contributed by atoms with E-state index < -0.39 is 0 Å². The van der Waals surface area contributed by atoms with Gasteiger partial charge in [-0.15, -0.1) is 6.58 Å². The van der Waals surface area contributed by atoms with Gasteiger partial charge >= 0.3 is 0 Å². The van der Waals surface area contributed by atoms with Gasteiger partial charge < -0.3 is 10.1 Å². The third-order valence-corrected chi connectivity index (χ3v) is 4.21. The van der Waals surface area contributed by atoms with Crippen LogP contribution in [0.15, 0.2) is 36.9 Å². The minimum absolute atomic E-state index is 0.677. The first-order valence-corrected chi connectivity index (χ1v) is 7.86. The van der Waals surface area contributed by atoms with Crippen LogP contribution in [0.25, 0.3) is 0 Å². The van der Waals surface area contributed by atoms with E-state index in [9.17, 15) is 0 Å². The zero-order valence-electron chi connectivity index (χ0n) is 12.6. The van der Waals surface area contributed by atoms with Crippen LogP contribution in [0.1, 0.15) is 38.2 Å². The number of benzene rings is 1. The standard InChI is InChI=1S/C18H27NO/c1-3-8-16-10-5-7-12-18(16)20-14-13-19-17-11-6-4-9-15(17)2/h3,5,7,10,12,15,17,19H,1,4,6,8-9,11,13-14H2,2H3. The molecule has 1 fully saturated rings. The smallest absolute Gasteiger partial charge is 0.122 e. The molecule has 1 aliphatic rings. The van der Waals surface area contributed by atoms with E-state index in [1.807, 2.05) is 24.3 Å². The first-order valence-electron chi connectivity index (χ1n) is 7.86. The molecule has 1 saturated carbocycles. The summed E-state index contributed by atoms with van der Waals surface area (Å²) >= 11 is 0. The molecule has 110 valence electrons. The molecule has 2 atom stereocenters. The van der Waals surface area contributed by atoms with Gasteiger partial charge in [0.25, 0.3) is 0 Å². The van der Waals surface area contributed by atoms with Crippen molar-refractivity contribution in [3.8, 4) is 5.75 Å². The Morgan fingerprint density at radius 2 is 2.10 bits per heavy atom. The number of ether oxygens (including phenoxy) is 1. The second-order valence-electron chi connectivity index (χ2n) is 5.77. The zero-order chi connectivity index (χ0) is 14.2. The van der Waals surface area contributed by atoms with Crippen LogP contribution in [-0.2, 0) is 6.42 Å². The van der Waals surface area contributed by atoms with Crippen molar-refractivity contribution in [3.63, 3.8) is 0 Å². The van der Waals surface area contributed by atoms with Crippen molar-refractivity contribution in [2.45, 2.75) is 45.1 Å². The highest BCUT2D eigenvalue weighted by molar-refractivity contribution is 5.34. The quantitative estimate of drug-likeness (QED) is 0.599. The van der Waals surface area contributed by atoms with E-state index in [1.165, 1.54) is 31.2 Å². The average molecular weight is 273 g/mol. The Hall–Kier alpha value is -1.28. The molecular weight excluding hydrogens is 246 g/mol. The maximum atomic E-state index is 5.91. The van der Waals surface area contributed by atoms with Crippen molar-refractivity contribution in [2.75, 3.05) is 13.2 Å². The van der Waals surface area contributed by atoms with E-state index in [-0.39, 0.29) is 0 Å². The second kappa shape index (κ2) is 8.11. The SMILES string of the molecule is C=CCc1ccccc1OCCNC1CCCCC1C. The van der Waals surface area contributed by atoms with Gasteiger partial charge in [0.1, 0.15) is 12.4 Å². The number of hydrogen-bond acceptors (Lipinski definition) is 2. The molecule has 0 radical (unpaired) electrons. The highest BCUT2D eigenvalue weighted by Crippen LogP contribution is 2.23. The largest absolute Gasteiger partial charge is 0.492 e. The molecule has 0 saturated heterocycles. The van der Waals surface area contributed by atoms with Crippen molar-refractivity contribution in [1.82, 2.24) is 5.32 Å². The predicted molar refractivity (Wildman–Crippen MR) is 85.3 cm³/mol. The Morgan fingerprint density at radius 1 is 1.30 bits per heavy atom. The van der Waals surface area contributed by atoms with Gasteiger partial charge in [-0.2, -0.15) is 0 Å². The third kappa shape index (κ3) is 4.38. The monoisotopic (exact) mass is 273 g/mol. The Balaban J connectivity index is 1.74. The van der Waals surface area contributed by atoms with Crippen LogP contribution in [0.5, 0.6) is 5.75 Å². The van der Waals surface area contributed by atoms with Gasteiger partial charge in [0.15, 0.2) is 0 Å². The minimum Gasteiger partial charge on any atom is -0.492 e. The first kappa shape index (κ1) is 15.1. The third-order valence-electron chi connectivity index (χ3n) is 4.21. The highest BCUT2D eigenvalue weighted by Gasteiger charge is 2.20. The van der Waals surface area contributed by atoms with Crippen molar-refractivity contribution >= 4 is 0 Å². The topological polar surface area (TPSA) is 21.3 Å².